The molecule has 2 aromatic rings. The van der Waals surface area contributed by atoms with E-state index in [0.29, 0.717) is 5.69 Å². The second kappa shape index (κ2) is 8.24. The van der Waals surface area contributed by atoms with E-state index in [2.05, 4.69) is 5.32 Å². The average molecular weight is 433 g/mol. The zero-order valence-electron chi connectivity index (χ0n) is 14.2. The Kier molecular flexibility index (Phi) is 6.46. The Balaban J connectivity index is 2.54. The quantitative estimate of drug-likeness (QED) is 0.703. The molecule has 10 heteroatoms. The zero-order chi connectivity index (χ0) is 20.4. The van der Waals surface area contributed by atoms with Crippen LogP contribution in [0.1, 0.15) is 13.8 Å². The molecule has 0 fully saturated rings. The maximum absolute atomic E-state index is 13.5. The molecule has 0 aliphatic carbocycles. The zero-order valence-corrected chi connectivity index (χ0v) is 16.6. The van der Waals surface area contributed by atoms with Gasteiger partial charge in [-0.2, -0.15) is 0 Å². The number of hydrogen-bond acceptors (Lipinski definition) is 4. The van der Waals surface area contributed by atoms with Crippen LogP contribution < -0.4 is 9.62 Å². The predicted molar refractivity (Wildman–Crippen MR) is 102 cm³/mol. The molecule has 0 saturated carbocycles. The van der Waals surface area contributed by atoms with Crippen molar-refractivity contribution >= 4 is 55.7 Å². The molecule has 0 saturated heterocycles. The molecule has 27 heavy (non-hydrogen) atoms. The fourth-order valence-corrected chi connectivity index (χ4v) is 4.25. The van der Waals surface area contributed by atoms with Crippen molar-refractivity contribution in [2.24, 2.45) is 0 Å². The first-order valence-corrected chi connectivity index (χ1v) is 9.80. The van der Waals surface area contributed by atoms with Crippen LogP contribution >= 0.6 is 23.2 Å². The Morgan fingerprint density at radius 3 is 2.22 bits per heavy atom. The van der Waals surface area contributed by atoms with E-state index < -0.39 is 27.1 Å². The third-order valence-corrected chi connectivity index (χ3v) is 6.09. The fourth-order valence-electron chi connectivity index (χ4n) is 2.31. The third-order valence-electron chi connectivity index (χ3n) is 3.57. The second-order valence-electron chi connectivity index (χ2n) is 5.58. The maximum atomic E-state index is 13.5. The lowest BCUT2D eigenvalue weighted by Crippen LogP contribution is -2.42. The number of sulfonamides is 1. The van der Waals surface area contributed by atoms with E-state index in [9.17, 15) is 22.4 Å². The molecule has 1 amide bonds. The second-order valence-corrected chi connectivity index (χ2v) is 8.18. The number of hydrogen-bond donors (Lipinski definition) is 1. The molecule has 0 aliphatic heterocycles. The highest BCUT2D eigenvalue weighted by Crippen LogP contribution is 2.30. The van der Waals surface area contributed by atoms with Crippen LogP contribution in [0.5, 0.6) is 0 Å². The molecule has 1 atom stereocenters. The number of benzene rings is 2. The molecule has 0 heterocycles. The van der Waals surface area contributed by atoms with Crippen LogP contribution in [-0.2, 0) is 19.6 Å². The van der Waals surface area contributed by atoms with E-state index >= 15 is 0 Å². The van der Waals surface area contributed by atoms with Crippen LogP contribution in [-0.4, -0.2) is 25.6 Å². The Labute approximate surface area is 165 Å². The van der Waals surface area contributed by atoms with E-state index in [4.69, 9.17) is 23.2 Å². The Hall–Kier alpha value is -2.16. The van der Waals surface area contributed by atoms with E-state index in [0.717, 1.165) is 16.4 Å². The predicted octanol–water partition coefficient (Wildman–Crippen LogP) is 3.79. The summed E-state index contributed by atoms with van der Waals surface area (Å²) in [7, 11) is -4.24. The number of nitrogens with zero attached hydrogens (tertiary/aromatic N) is 1. The van der Waals surface area contributed by atoms with Gasteiger partial charge in [0, 0.05) is 12.6 Å². The average Bonchev–Trinajstić information content (AvgIpc) is 2.57. The van der Waals surface area contributed by atoms with E-state index in [-0.39, 0.29) is 21.5 Å². The Morgan fingerprint density at radius 1 is 1.15 bits per heavy atom. The number of nitrogens with one attached hydrogen (secondary N) is 1. The SMILES string of the molecule is CC(=O)Nc1ccc(S(=O)(=O)N(c2ccc(F)c(Cl)c2)C(C)C(=O)Cl)cc1. The minimum absolute atomic E-state index is 0.0196. The molecule has 2 aromatic carbocycles. The molecule has 144 valence electrons. The number of rotatable bonds is 6. The first-order valence-electron chi connectivity index (χ1n) is 7.60. The highest BCUT2D eigenvalue weighted by atomic mass is 35.5. The molecular weight excluding hydrogens is 418 g/mol. The highest BCUT2D eigenvalue weighted by Gasteiger charge is 2.33. The van der Waals surface area contributed by atoms with Crippen molar-refractivity contribution in [3.63, 3.8) is 0 Å². The molecule has 0 aliphatic rings. The van der Waals surface area contributed by atoms with Gasteiger partial charge in [-0.15, -0.1) is 0 Å². The topological polar surface area (TPSA) is 83.6 Å². The Morgan fingerprint density at radius 2 is 1.74 bits per heavy atom. The monoisotopic (exact) mass is 432 g/mol. The molecule has 0 aromatic heterocycles. The van der Waals surface area contributed by atoms with Crippen molar-refractivity contribution in [3.05, 3.63) is 53.3 Å². The lowest BCUT2D eigenvalue weighted by atomic mass is 10.2. The fraction of sp³-hybridized carbons (Fsp3) is 0.176. The number of carbonyl (C=O) groups excluding carboxylic acids is 2. The van der Waals surface area contributed by atoms with Crippen LogP contribution in [0.25, 0.3) is 0 Å². The molecule has 1 N–H and O–H groups in total. The lowest BCUT2D eigenvalue weighted by molar-refractivity contribution is -0.114. The van der Waals surface area contributed by atoms with Gasteiger partial charge in [0.2, 0.25) is 11.1 Å². The summed E-state index contributed by atoms with van der Waals surface area (Å²) in [5.41, 5.74) is 0.383. The third kappa shape index (κ3) is 4.77. The summed E-state index contributed by atoms with van der Waals surface area (Å²) in [4.78, 5) is 22.6. The minimum atomic E-state index is -4.24. The van der Waals surface area contributed by atoms with Crippen LogP contribution in [0, 0.1) is 5.82 Å². The summed E-state index contributed by atoms with van der Waals surface area (Å²) in [6.07, 6.45) is 0. The summed E-state index contributed by atoms with van der Waals surface area (Å²) < 4.78 is 40.4. The van der Waals surface area contributed by atoms with Gasteiger partial charge in [-0.3, -0.25) is 13.9 Å². The van der Waals surface area contributed by atoms with Crippen molar-refractivity contribution in [2.45, 2.75) is 24.8 Å². The van der Waals surface area contributed by atoms with Gasteiger partial charge in [0.1, 0.15) is 11.9 Å². The normalized spacial score (nSPS) is 12.3. The molecule has 0 bridgehead atoms. The van der Waals surface area contributed by atoms with Crippen molar-refractivity contribution in [1.82, 2.24) is 0 Å². The molecule has 0 spiro atoms. The molecule has 1 unspecified atom stereocenters. The summed E-state index contributed by atoms with van der Waals surface area (Å²) in [6, 6.07) is 7.33. The van der Waals surface area contributed by atoms with Gasteiger partial charge in [0.05, 0.1) is 15.6 Å². The summed E-state index contributed by atoms with van der Waals surface area (Å²) >= 11 is 11.3. The van der Waals surface area contributed by atoms with Crippen LogP contribution in [0.2, 0.25) is 5.02 Å². The van der Waals surface area contributed by atoms with Gasteiger partial charge in [-0.1, -0.05) is 11.6 Å². The van der Waals surface area contributed by atoms with E-state index in [1.807, 2.05) is 0 Å². The summed E-state index contributed by atoms with van der Waals surface area (Å²) in [5.74, 6) is -1.04. The molecule has 2 rings (SSSR count). The van der Waals surface area contributed by atoms with Crippen molar-refractivity contribution in [3.8, 4) is 0 Å². The number of halogens is 3. The lowest BCUT2D eigenvalue weighted by Gasteiger charge is -2.28. The van der Waals surface area contributed by atoms with Crippen LogP contribution in [0.4, 0.5) is 15.8 Å². The van der Waals surface area contributed by atoms with Gasteiger partial charge >= 0.3 is 0 Å². The van der Waals surface area contributed by atoms with Crippen molar-refractivity contribution in [1.29, 1.82) is 0 Å². The van der Waals surface area contributed by atoms with Crippen LogP contribution in [0.15, 0.2) is 47.4 Å². The van der Waals surface area contributed by atoms with Crippen LogP contribution in [0.3, 0.4) is 0 Å². The van der Waals surface area contributed by atoms with Gasteiger partial charge in [-0.25, -0.2) is 12.8 Å². The minimum Gasteiger partial charge on any atom is -0.326 e. The molecule has 6 nitrogen and oxygen atoms in total. The van der Waals surface area contributed by atoms with Gasteiger partial charge in [0.25, 0.3) is 10.0 Å². The van der Waals surface area contributed by atoms with Gasteiger partial charge < -0.3 is 5.32 Å². The van der Waals surface area contributed by atoms with Gasteiger partial charge in [0.15, 0.2) is 0 Å². The number of carbonyl (C=O) groups is 2. The first kappa shape index (κ1) is 21.1. The van der Waals surface area contributed by atoms with Gasteiger partial charge in [-0.05, 0) is 61.0 Å². The molecular formula is C17H15Cl2FN2O4S. The number of anilines is 2. The maximum Gasteiger partial charge on any atom is 0.265 e. The summed E-state index contributed by atoms with van der Waals surface area (Å²) in [5, 5.41) is 1.29. The Bertz CT molecular complexity index is 981. The molecule has 0 radical (unpaired) electrons. The largest absolute Gasteiger partial charge is 0.326 e. The number of amides is 1. The smallest absolute Gasteiger partial charge is 0.265 e. The van der Waals surface area contributed by atoms with Crippen molar-refractivity contribution in [2.75, 3.05) is 9.62 Å². The highest BCUT2D eigenvalue weighted by molar-refractivity contribution is 7.93. The first-order chi connectivity index (χ1) is 12.5. The van der Waals surface area contributed by atoms with Crippen molar-refractivity contribution < 1.29 is 22.4 Å². The van der Waals surface area contributed by atoms with E-state index in [1.54, 1.807) is 0 Å². The van der Waals surface area contributed by atoms with E-state index in [1.165, 1.54) is 44.2 Å². The summed E-state index contributed by atoms with van der Waals surface area (Å²) in [6.45, 7) is 2.62. The standard InChI is InChI=1S/C17H15Cl2FN2O4S/c1-10(17(19)24)22(13-5-8-16(20)15(18)9-13)27(25,26)14-6-3-12(4-7-14)21-11(2)23/h3-10H,1-2H3,(H,21,23).